The van der Waals surface area contributed by atoms with E-state index < -0.39 is 0 Å². The Morgan fingerprint density at radius 3 is 2.89 bits per heavy atom. The minimum Gasteiger partial charge on any atom is -0.369 e. The van der Waals surface area contributed by atoms with Crippen molar-refractivity contribution in [1.29, 1.82) is 0 Å². The van der Waals surface area contributed by atoms with Crippen LogP contribution in [0.15, 0.2) is 30.5 Å². The largest absolute Gasteiger partial charge is 0.369 e. The summed E-state index contributed by atoms with van der Waals surface area (Å²) in [4.78, 5) is 8.85. The van der Waals surface area contributed by atoms with Crippen molar-refractivity contribution in [3.05, 3.63) is 30.5 Å². The zero-order chi connectivity index (χ0) is 12.1. The van der Waals surface area contributed by atoms with Crippen LogP contribution in [0, 0.1) is 5.92 Å². The number of fused-ring (bicyclic) bond motifs is 3. The third kappa shape index (κ3) is 1.38. The molecule has 1 aromatic carbocycles. The van der Waals surface area contributed by atoms with E-state index in [1.807, 2.05) is 24.4 Å². The predicted octanol–water partition coefficient (Wildman–Crippen LogP) is 2.58. The third-order valence-corrected chi connectivity index (χ3v) is 3.65. The Kier molecular flexibility index (Phi) is 1.89. The summed E-state index contributed by atoms with van der Waals surface area (Å²) < 4.78 is 2.15. The summed E-state index contributed by atoms with van der Waals surface area (Å²) in [6.07, 6.45) is 4.43. The van der Waals surface area contributed by atoms with Crippen LogP contribution >= 0.6 is 0 Å². The lowest BCUT2D eigenvalue weighted by Crippen LogP contribution is -2.04. The molecule has 3 aromatic rings. The Hall–Kier alpha value is -2.10. The second kappa shape index (κ2) is 3.45. The van der Waals surface area contributed by atoms with E-state index in [-0.39, 0.29) is 0 Å². The molecular formula is C14H14N4. The molecule has 0 radical (unpaired) electrons. The number of imidazole rings is 1. The van der Waals surface area contributed by atoms with E-state index in [0.717, 1.165) is 34.4 Å². The van der Waals surface area contributed by atoms with Gasteiger partial charge in [-0.2, -0.15) is 0 Å². The molecule has 1 fully saturated rings. The number of hydrogen-bond donors (Lipinski definition) is 1. The van der Waals surface area contributed by atoms with E-state index in [2.05, 4.69) is 20.6 Å². The van der Waals surface area contributed by atoms with Gasteiger partial charge in [-0.25, -0.2) is 4.98 Å². The fraction of sp³-hybridized carbons (Fsp3) is 0.286. The Morgan fingerprint density at radius 2 is 2.06 bits per heavy atom. The van der Waals surface area contributed by atoms with Gasteiger partial charge in [0.25, 0.3) is 0 Å². The smallest absolute Gasteiger partial charge is 0.201 e. The lowest BCUT2D eigenvalue weighted by atomic mass is 10.2. The number of benzene rings is 1. The quantitative estimate of drug-likeness (QED) is 0.746. The molecule has 2 N–H and O–H groups in total. The minimum atomic E-state index is 0.607. The highest BCUT2D eigenvalue weighted by molar-refractivity contribution is 6.02. The summed E-state index contributed by atoms with van der Waals surface area (Å²) in [5.74, 6) is 1.38. The molecule has 4 nitrogen and oxygen atoms in total. The Morgan fingerprint density at radius 1 is 1.22 bits per heavy atom. The van der Waals surface area contributed by atoms with Crippen molar-refractivity contribution < 1.29 is 0 Å². The number of aromatic nitrogens is 3. The first-order chi connectivity index (χ1) is 8.83. The van der Waals surface area contributed by atoms with Crippen molar-refractivity contribution in [1.82, 2.24) is 14.5 Å². The van der Waals surface area contributed by atoms with E-state index >= 15 is 0 Å². The van der Waals surface area contributed by atoms with Gasteiger partial charge in [-0.3, -0.25) is 4.98 Å². The summed E-state index contributed by atoms with van der Waals surface area (Å²) in [5, 5.41) is 1.14. The van der Waals surface area contributed by atoms with Gasteiger partial charge in [0.05, 0.1) is 17.2 Å². The van der Waals surface area contributed by atoms with Gasteiger partial charge in [0, 0.05) is 11.9 Å². The van der Waals surface area contributed by atoms with Crippen LogP contribution in [0.2, 0.25) is 0 Å². The van der Waals surface area contributed by atoms with Crippen molar-refractivity contribution in [3.63, 3.8) is 0 Å². The number of para-hydroxylation sites is 1. The minimum absolute atomic E-state index is 0.607. The molecule has 0 atom stereocenters. The fourth-order valence-electron chi connectivity index (χ4n) is 2.52. The van der Waals surface area contributed by atoms with E-state index in [0.29, 0.717) is 5.95 Å². The molecule has 1 aliphatic carbocycles. The number of pyridine rings is 1. The molecule has 2 heterocycles. The van der Waals surface area contributed by atoms with Crippen LogP contribution in [0.25, 0.3) is 21.9 Å². The molecule has 2 aromatic heterocycles. The molecule has 0 aliphatic heterocycles. The highest BCUT2D eigenvalue weighted by atomic mass is 15.2. The first kappa shape index (κ1) is 9.88. The SMILES string of the molecule is Nc1nc2cnc3ccccc3c2n1CC1CC1. The third-order valence-electron chi connectivity index (χ3n) is 3.65. The number of anilines is 1. The van der Waals surface area contributed by atoms with Crippen molar-refractivity contribution in [2.45, 2.75) is 19.4 Å². The highest BCUT2D eigenvalue weighted by Gasteiger charge is 2.24. The van der Waals surface area contributed by atoms with Gasteiger partial charge < -0.3 is 10.3 Å². The van der Waals surface area contributed by atoms with E-state index in [4.69, 9.17) is 5.73 Å². The van der Waals surface area contributed by atoms with Gasteiger partial charge in [0.1, 0.15) is 5.52 Å². The van der Waals surface area contributed by atoms with Gasteiger partial charge in [-0.05, 0) is 24.8 Å². The van der Waals surface area contributed by atoms with E-state index in [1.54, 1.807) is 0 Å². The van der Waals surface area contributed by atoms with E-state index in [9.17, 15) is 0 Å². The molecule has 4 heteroatoms. The van der Waals surface area contributed by atoms with Gasteiger partial charge >= 0.3 is 0 Å². The van der Waals surface area contributed by atoms with Crippen molar-refractivity contribution >= 4 is 27.9 Å². The molecule has 0 spiro atoms. The molecule has 0 amide bonds. The number of rotatable bonds is 2. The molecule has 0 saturated heterocycles. The summed E-state index contributed by atoms with van der Waals surface area (Å²) in [6, 6.07) is 8.16. The molecule has 0 unspecified atom stereocenters. The van der Waals surface area contributed by atoms with Crippen molar-refractivity contribution in [2.75, 3.05) is 5.73 Å². The number of nitrogen functional groups attached to an aromatic ring is 1. The van der Waals surface area contributed by atoms with Crippen LogP contribution in [0.1, 0.15) is 12.8 Å². The standard InChI is InChI=1S/C14H14N4/c15-14-17-12-7-16-11-4-2-1-3-10(11)13(12)18(14)8-9-5-6-9/h1-4,7,9H,5-6,8H2,(H2,15,17). The van der Waals surface area contributed by atoms with E-state index in [1.165, 1.54) is 12.8 Å². The number of hydrogen-bond acceptors (Lipinski definition) is 3. The average molecular weight is 238 g/mol. The summed E-state index contributed by atoms with van der Waals surface area (Å²) >= 11 is 0. The zero-order valence-corrected chi connectivity index (χ0v) is 10.0. The molecule has 1 aliphatic rings. The molecule has 0 bridgehead atoms. The number of nitrogens with two attached hydrogens (primary N) is 1. The Labute approximate surface area is 104 Å². The van der Waals surface area contributed by atoms with Gasteiger partial charge in [0.2, 0.25) is 5.95 Å². The lowest BCUT2D eigenvalue weighted by Gasteiger charge is -2.06. The van der Waals surface area contributed by atoms with Crippen LogP contribution < -0.4 is 5.73 Å². The van der Waals surface area contributed by atoms with Gasteiger partial charge in [-0.15, -0.1) is 0 Å². The molecule has 90 valence electrons. The molecular weight excluding hydrogens is 224 g/mol. The fourth-order valence-corrected chi connectivity index (χ4v) is 2.52. The molecule has 4 rings (SSSR count). The maximum absolute atomic E-state index is 6.04. The summed E-state index contributed by atoms with van der Waals surface area (Å²) in [5.41, 5.74) is 9.07. The van der Waals surface area contributed by atoms with Crippen LogP contribution in [-0.4, -0.2) is 14.5 Å². The topological polar surface area (TPSA) is 56.7 Å². The Bertz CT molecular complexity index is 740. The summed E-state index contributed by atoms with van der Waals surface area (Å²) in [6.45, 7) is 0.982. The second-order valence-corrected chi connectivity index (χ2v) is 5.03. The van der Waals surface area contributed by atoms with Crippen LogP contribution in [0.4, 0.5) is 5.95 Å². The second-order valence-electron chi connectivity index (χ2n) is 5.03. The maximum Gasteiger partial charge on any atom is 0.201 e. The van der Waals surface area contributed by atoms with Crippen LogP contribution in [0.3, 0.4) is 0 Å². The summed E-state index contributed by atoms with van der Waals surface area (Å²) in [7, 11) is 0. The zero-order valence-electron chi connectivity index (χ0n) is 10.0. The normalized spacial score (nSPS) is 15.6. The number of nitrogens with zero attached hydrogens (tertiary/aromatic N) is 3. The predicted molar refractivity (Wildman–Crippen MR) is 72.2 cm³/mol. The van der Waals surface area contributed by atoms with Crippen LogP contribution in [-0.2, 0) is 6.54 Å². The highest BCUT2D eigenvalue weighted by Crippen LogP contribution is 2.34. The lowest BCUT2D eigenvalue weighted by molar-refractivity contribution is 0.651. The molecule has 1 saturated carbocycles. The Balaban J connectivity index is 2.07. The average Bonchev–Trinajstić information content (AvgIpc) is 3.14. The van der Waals surface area contributed by atoms with Gasteiger partial charge in [-0.1, -0.05) is 18.2 Å². The van der Waals surface area contributed by atoms with Crippen molar-refractivity contribution in [2.24, 2.45) is 5.92 Å². The monoisotopic (exact) mass is 238 g/mol. The maximum atomic E-state index is 6.04. The first-order valence-corrected chi connectivity index (χ1v) is 6.32. The van der Waals surface area contributed by atoms with Crippen LogP contribution in [0.5, 0.6) is 0 Å². The van der Waals surface area contributed by atoms with Crippen molar-refractivity contribution in [3.8, 4) is 0 Å². The van der Waals surface area contributed by atoms with Gasteiger partial charge in [0.15, 0.2) is 0 Å². The first-order valence-electron chi connectivity index (χ1n) is 6.32. The molecule has 18 heavy (non-hydrogen) atoms.